The van der Waals surface area contributed by atoms with Crippen molar-refractivity contribution in [2.24, 2.45) is 0 Å². The summed E-state index contributed by atoms with van der Waals surface area (Å²) in [6.45, 7) is 4.33. The van der Waals surface area contributed by atoms with E-state index in [0.29, 0.717) is 6.42 Å². The highest BCUT2D eigenvalue weighted by Crippen LogP contribution is 2.34. The predicted octanol–water partition coefficient (Wildman–Crippen LogP) is 7.32. The largest absolute Gasteiger partial charge is 0.508 e. The van der Waals surface area contributed by atoms with Crippen LogP contribution in [0.25, 0.3) is 28.6 Å². The van der Waals surface area contributed by atoms with Crippen LogP contribution in [0, 0.1) is 5.82 Å². The minimum atomic E-state index is -1.92. The molecule has 0 aliphatic heterocycles. The lowest BCUT2D eigenvalue weighted by Crippen LogP contribution is -2.01. The normalized spacial score (nSPS) is 11.8. The minimum absolute atomic E-state index is 0.0293. The fraction of sp³-hybridized carbons (Fsp3) is 0.259. The van der Waals surface area contributed by atoms with Crippen molar-refractivity contribution >= 4 is 20.1 Å². The van der Waals surface area contributed by atoms with Crippen LogP contribution in [0.15, 0.2) is 66.7 Å². The van der Waals surface area contributed by atoms with Crippen LogP contribution >= 0.6 is 8.03 Å². The van der Waals surface area contributed by atoms with Crippen LogP contribution in [-0.2, 0) is 13.9 Å². The first-order valence-corrected chi connectivity index (χ1v) is 12.5. The number of hydrogen-bond acceptors (Lipinski definition) is 4. The lowest BCUT2D eigenvalue weighted by atomic mass is 9.91. The van der Waals surface area contributed by atoms with Gasteiger partial charge in [-0.2, -0.15) is 0 Å². The first-order valence-electron chi connectivity index (χ1n) is 11.2. The van der Waals surface area contributed by atoms with E-state index in [1.165, 1.54) is 12.1 Å². The summed E-state index contributed by atoms with van der Waals surface area (Å²) in [5.41, 5.74) is 5.32. The summed E-state index contributed by atoms with van der Waals surface area (Å²) >= 11 is 0. The molecule has 1 aromatic heterocycles. The molecule has 0 fully saturated rings. The van der Waals surface area contributed by atoms with Crippen LogP contribution in [0.3, 0.4) is 0 Å². The van der Waals surface area contributed by atoms with Crippen LogP contribution < -0.4 is 0 Å². The molecule has 3 rings (SSSR count). The van der Waals surface area contributed by atoms with Gasteiger partial charge in [0.15, 0.2) is 6.16 Å². The Balaban J connectivity index is 1.93. The number of halogens is 1. The van der Waals surface area contributed by atoms with Crippen molar-refractivity contribution in [1.29, 1.82) is 0 Å². The van der Waals surface area contributed by atoms with E-state index < -0.39 is 14.0 Å². The molecule has 0 amide bonds. The number of aliphatic carboxylic acids is 1. The molecule has 0 spiro atoms. The third kappa shape index (κ3) is 7.14. The molecule has 0 saturated carbocycles. The van der Waals surface area contributed by atoms with E-state index in [4.69, 9.17) is 14.6 Å². The molecule has 2 aromatic carbocycles. The molecular formula is C27H28FNO4P+. The molecule has 7 heteroatoms. The average Bonchev–Trinajstić information content (AvgIpc) is 2.82. The second kappa shape index (κ2) is 12.3. The Morgan fingerprint density at radius 2 is 1.82 bits per heavy atom. The zero-order valence-corrected chi connectivity index (χ0v) is 20.2. The van der Waals surface area contributed by atoms with Crippen molar-refractivity contribution in [2.75, 3.05) is 12.8 Å². The number of aromatic nitrogens is 1. The van der Waals surface area contributed by atoms with E-state index >= 15 is 0 Å². The van der Waals surface area contributed by atoms with Crippen molar-refractivity contribution in [3.05, 3.63) is 83.7 Å². The maximum Gasteiger partial charge on any atom is 0.508 e. The second-order valence-electron chi connectivity index (χ2n) is 8.14. The van der Waals surface area contributed by atoms with Gasteiger partial charge in [0.05, 0.1) is 11.4 Å². The van der Waals surface area contributed by atoms with Crippen LogP contribution in [0.1, 0.15) is 43.7 Å². The molecule has 0 aliphatic carbocycles. The fourth-order valence-electron chi connectivity index (χ4n) is 3.53. The maximum absolute atomic E-state index is 13.6. The molecule has 3 aromatic rings. The summed E-state index contributed by atoms with van der Waals surface area (Å²) in [4.78, 5) is 15.5. The zero-order valence-electron chi connectivity index (χ0n) is 19.3. The Labute approximate surface area is 200 Å². The number of hydrogen-bond donors (Lipinski definition) is 1. The molecule has 0 bridgehead atoms. The summed E-state index contributed by atoms with van der Waals surface area (Å²) < 4.78 is 30.9. The standard InChI is InChI=1S/C27H27FNO4P/c1-19(2)24-18-25(20-8-4-3-5-9-20)29-27(21-12-14-22(28)15-13-21)23(24)10-6-16-33-34(32)17-7-11-26(30)31/h3-6,8-10,12-15,18-19H,7,11,16-17H2,1-2H3/p+1/b10-6+. The molecule has 1 N–H and O–H groups in total. The Kier molecular flexibility index (Phi) is 9.20. The molecule has 0 radical (unpaired) electrons. The van der Waals surface area contributed by atoms with Gasteiger partial charge in [-0.05, 0) is 46.4 Å². The van der Waals surface area contributed by atoms with E-state index in [-0.39, 0.29) is 30.9 Å². The molecular weight excluding hydrogens is 452 g/mol. The second-order valence-corrected chi connectivity index (χ2v) is 9.51. The van der Waals surface area contributed by atoms with Gasteiger partial charge in [-0.1, -0.05) is 56.3 Å². The molecule has 176 valence electrons. The molecule has 34 heavy (non-hydrogen) atoms. The van der Waals surface area contributed by atoms with E-state index in [2.05, 4.69) is 19.9 Å². The first kappa shape index (κ1) is 25.4. The highest BCUT2D eigenvalue weighted by molar-refractivity contribution is 7.39. The smallest absolute Gasteiger partial charge is 0.481 e. The molecule has 1 heterocycles. The Bertz CT molecular complexity index is 1160. The van der Waals surface area contributed by atoms with Gasteiger partial charge in [-0.3, -0.25) is 4.79 Å². The lowest BCUT2D eigenvalue weighted by Gasteiger charge is -2.17. The lowest BCUT2D eigenvalue weighted by molar-refractivity contribution is -0.137. The minimum Gasteiger partial charge on any atom is -0.481 e. The SMILES string of the molecule is CC(C)c1cc(-c2ccccc2)nc(-c2ccc(F)cc2)c1/C=C/CO[P+](=O)CCCC(=O)O. The zero-order chi connectivity index (χ0) is 24.5. The van der Waals surface area contributed by atoms with E-state index in [1.807, 2.05) is 36.4 Å². The number of benzene rings is 2. The van der Waals surface area contributed by atoms with Crippen molar-refractivity contribution in [3.8, 4) is 22.5 Å². The summed E-state index contributed by atoms with van der Waals surface area (Å²) in [5.74, 6) is -1.04. The van der Waals surface area contributed by atoms with Crippen LogP contribution in [0.5, 0.6) is 0 Å². The molecule has 1 unspecified atom stereocenters. The van der Waals surface area contributed by atoms with Crippen molar-refractivity contribution < 1.29 is 23.4 Å². The highest BCUT2D eigenvalue weighted by atomic mass is 31.1. The molecule has 0 aliphatic rings. The Hall–Kier alpha value is -3.21. The van der Waals surface area contributed by atoms with Crippen LogP contribution in [-0.4, -0.2) is 28.8 Å². The predicted molar refractivity (Wildman–Crippen MR) is 133 cm³/mol. The van der Waals surface area contributed by atoms with Gasteiger partial charge in [0.1, 0.15) is 12.4 Å². The summed E-state index contributed by atoms with van der Waals surface area (Å²) in [5, 5.41) is 8.69. The highest BCUT2D eigenvalue weighted by Gasteiger charge is 2.18. The molecule has 1 atom stereocenters. The van der Waals surface area contributed by atoms with E-state index in [0.717, 1.165) is 33.6 Å². The topological polar surface area (TPSA) is 76.5 Å². The van der Waals surface area contributed by atoms with Gasteiger partial charge in [0.2, 0.25) is 0 Å². The van der Waals surface area contributed by atoms with Gasteiger partial charge in [-0.15, -0.1) is 4.52 Å². The number of carbonyl (C=O) groups is 1. The molecule has 0 saturated heterocycles. The van der Waals surface area contributed by atoms with Gasteiger partial charge < -0.3 is 5.11 Å². The van der Waals surface area contributed by atoms with Gasteiger partial charge in [0.25, 0.3) is 0 Å². The van der Waals surface area contributed by atoms with Crippen molar-refractivity contribution in [3.63, 3.8) is 0 Å². The van der Waals surface area contributed by atoms with Crippen molar-refractivity contribution in [2.45, 2.75) is 32.6 Å². The number of rotatable bonds is 11. The quantitative estimate of drug-likeness (QED) is 0.291. The van der Waals surface area contributed by atoms with Crippen molar-refractivity contribution in [1.82, 2.24) is 4.98 Å². The number of pyridine rings is 1. The van der Waals surface area contributed by atoms with Crippen LogP contribution in [0.4, 0.5) is 4.39 Å². The van der Waals surface area contributed by atoms with Gasteiger partial charge >= 0.3 is 14.0 Å². The average molecular weight is 480 g/mol. The first-order chi connectivity index (χ1) is 16.3. The summed E-state index contributed by atoms with van der Waals surface area (Å²) in [6.07, 6.45) is 4.17. The number of carboxylic acid groups (broad SMARTS) is 1. The third-order valence-electron chi connectivity index (χ3n) is 5.23. The number of nitrogens with zero attached hydrogens (tertiary/aromatic N) is 1. The Morgan fingerprint density at radius 1 is 1.12 bits per heavy atom. The van der Waals surface area contributed by atoms with E-state index in [9.17, 15) is 13.8 Å². The third-order valence-corrected chi connectivity index (χ3v) is 6.35. The van der Waals surface area contributed by atoms with E-state index in [1.54, 1.807) is 18.2 Å². The number of carboxylic acids is 1. The maximum atomic E-state index is 13.6. The van der Waals surface area contributed by atoms with Crippen LogP contribution in [0.2, 0.25) is 0 Å². The monoisotopic (exact) mass is 480 g/mol. The fourth-order valence-corrected chi connectivity index (χ4v) is 4.33. The van der Waals surface area contributed by atoms with Gasteiger partial charge in [-0.25, -0.2) is 9.37 Å². The van der Waals surface area contributed by atoms with Gasteiger partial charge in [0, 0.05) is 29.5 Å². The molecule has 5 nitrogen and oxygen atoms in total. The summed E-state index contributed by atoms with van der Waals surface area (Å²) in [6, 6.07) is 18.2. The Morgan fingerprint density at radius 3 is 2.47 bits per heavy atom. The summed E-state index contributed by atoms with van der Waals surface area (Å²) in [7, 11) is -1.92.